The van der Waals surface area contributed by atoms with Crippen molar-refractivity contribution in [2.45, 2.75) is 54.8 Å². The molecule has 19 heteroatoms. The predicted molar refractivity (Wildman–Crippen MR) is 133 cm³/mol. The van der Waals surface area contributed by atoms with Gasteiger partial charge in [-0.25, -0.2) is 29.9 Å². The molecule has 0 aliphatic carbocycles. The van der Waals surface area contributed by atoms with Gasteiger partial charge in [0.05, 0.1) is 25.9 Å². The van der Waals surface area contributed by atoms with E-state index in [0.29, 0.717) is 22.3 Å². The van der Waals surface area contributed by atoms with Crippen LogP contribution in [0, 0.1) is 0 Å². The van der Waals surface area contributed by atoms with Crippen LogP contribution >= 0.6 is 11.6 Å². The van der Waals surface area contributed by atoms with Crippen molar-refractivity contribution in [2.75, 3.05) is 24.7 Å². The number of alkyl halides is 1. The van der Waals surface area contributed by atoms with E-state index in [4.69, 9.17) is 42.0 Å². The van der Waals surface area contributed by atoms with Crippen molar-refractivity contribution >= 4 is 45.6 Å². The number of halogens is 1. The van der Waals surface area contributed by atoms with Crippen LogP contribution in [-0.4, -0.2) is 115 Å². The Balaban J connectivity index is 1.04. The number of hydrogen-bond acceptors (Lipinski definition) is 16. The highest BCUT2D eigenvalue weighted by Crippen LogP contribution is 2.34. The molecule has 6 rings (SSSR count). The van der Waals surface area contributed by atoms with Crippen LogP contribution in [0.4, 0.5) is 11.6 Å². The largest absolute Gasteiger partial charge is 0.387 e. The van der Waals surface area contributed by atoms with Crippen molar-refractivity contribution in [2.24, 2.45) is 0 Å². The van der Waals surface area contributed by atoms with E-state index >= 15 is 0 Å². The minimum atomic E-state index is -1.35. The van der Waals surface area contributed by atoms with E-state index in [9.17, 15) is 20.4 Å². The number of ether oxygens (including phenoxy) is 4. The molecule has 0 saturated carbocycles. The van der Waals surface area contributed by atoms with Crippen molar-refractivity contribution in [1.29, 1.82) is 0 Å². The van der Waals surface area contributed by atoms with Gasteiger partial charge in [-0.05, 0) is 0 Å². The fourth-order valence-corrected chi connectivity index (χ4v) is 4.84. The number of nitrogens with zero attached hydrogens (tertiary/aromatic N) is 8. The summed E-state index contributed by atoms with van der Waals surface area (Å²) in [5.74, 6) is -1.03. The van der Waals surface area contributed by atoms with Gasteiger partial charge in [0.15, 0.2) is 35.4 Å². The van der Waals surface area contributed by atoms with Crippen molar-refractivity contribution in [3.05, 3.63) is 25.3 Å². The molecule has 2 saturated heterocycles. The van der Waals surface area contributed by atoms with Gasteiger partial charge in [0.1, 0.15) is 60.3 Å². The van der Waals surface area contributed by atoms with Crippen molar-refractivity contribution in [1.82, 2.24) is 39.0 Å². The lowest BCUT2D eigenvalue weighted by Crippen LogP contribution is -2.36. The number of nitrogens with two attached hydrogens (primary N) is 2. The molecule has 0 aromatic carbocycles. The van der Waals surface area contributed by atoms with Gasteiger partial charge in [0.2, 0.25) is 5.75 Å². The average Bonchev–Trinajstić information content (AvgIpc) is 3.69. The quantitative estimate of drug-likeness (QED) is 0.0939. The first kappa shape index (κ1) is 26.9. The van der Waals surface area contributed by atoms with E-state index in [0.717, 1.165) is 0 Å². The van der Waals surface area contributed by atoms with Crippen LogP contribution in [0.5, 0.6) is 0 Å². The van der Waals surface area contributed by atoms with Gasteiger partial charge in [-0.1, -0.05) is 11.6 Å². The number of aliphatic hydroxyl groups is 4. The number of fused-ring (bicyclic) bond motifs is 2. The second-order valence-electron chi connectivity index (χ2n) is 9.20. The molecule has 2 fully saturated rings. The average molecular weight is 581 g/mol. The first-order chi connectivity index (χ1) is 19.2. The van der Waals surface area contributed by atoms with Gasteiger partial charge >= 0.3 is 0 Å². The summed E-state index contributed by atoms with van der Waals surface area (Å²) < 4.78 is 25.3. The SMILES string of the molecule is Nc1ncnc2c1ncn2[C@@H]1O[C@H](COC(Cl)OC[C@H]2O[C@@H](n3cnc4c(N)ncnc43)[C@H](O)[C@@H]2O)[C@@H](O)[C@H]1O. The van der Waals surface area contributed by atoms with Crippen LogP contribution in [0.1, 0.15) is 12.5 Å². The molecule has 40 heavy (non-hydrogen) atoms. The highest BCUT2D eigenvalue weighted by molar-refractivity contribution is 6.18. The van der Waals surface area contributed by atoms with Crippen LogP contribution in [0.3, 0.4) is 0 Å². The fourth-order valence-electron chi connectivity index (χ4n) is 4.69. The molecule has 4 aromatic rings. The van der Waals surface area contributed by atoms with Crippen LogP contribution in [0.2, 0.25) is 0 Å². The Morgan fingerprint density at radius 1 is 0.725 bits per heavy atom. The Morgan fingerprint density at radius 3 is 1.57 bits per heavy atom. The third-order valence-electron chi connectivity index (χ3n) is 6.78. The number of hydrogen-bond donors (Lipinski definition) is 6. The molecule has 6 heterocycles. The Bertz CT molecular complexity index is 1400. The molecule has 0 spiro atoms. The zero-order valence-electron chi connectivity index (χ0n) is 20.5. The van der Waals surface area contributed by atoms with E-state index in [1.807, 2.05) is 0 Å². The molecule has 214 valence electrons. The molecule has 8 N–H and O–H groups in total. The zero-order valence-corrected chi connectivity index (χ0v) is 21.2. The summed E-state index contributed by atoms with van der Waals surface area (Å²) in [4.78, 5) is 24.2. The van der Waals surface area contributed by atoms with Crippen LogP contribution in [0.25, 0.3) is 22.3 Å². The van der Waals surface area contributed by atoms with E-state index in [-0.39, 0.29) is 24.8 Å². The highest BCUT2D eigenvalue weighted by atomic mass is 35.5. The summed E-state index contributed by atoms with van der Waals surface area (Å²) in [6.45, 7) is -0.512. The lowest BCUT2D eigenvalue weighted by molar-refractivity contribution is -0.153. The molecule has 4 aromatic heterocycles. The van der Waals surface area contributed by atoms with Crippen LogP contribution < -0.4 is 11.5 Å². The lowest BCUT2D eigenvalue weighted by atomic mass is 10.1. The molecule has 8 atom stereocenters. The molecule has 0 unspecified atom stereocenters. The van der Waals surface area contributed by atoms with Gasteiger partial charge < -0.3 is 50.8 Å². The summed E-state index contributed by atoms with van der Waals surface area (Å²) in [5, 5.41) is 42.2. The van der Waals surface area contributed by atoms with Crippen molar-refractivity contribution in [3.63, 3.8) is 0 Å². The third kappa shape index (κ3) is 4.58. The minimum Gasteiger partial charge on any atom is -0.387 e. The zero-order chi connectivity index (χ0) is 28.1. The third-order valence-corrected chi connectivity index (χ3v) is 7.03. The van der Waals surface area contributed by atoms with Crippen molar-refractivity contribution < 1.29 is 39.4 Å². The van der Waals surface area contributed by atoms with Gasteiger partial charge in [0, 0.05) is 0 Å². The molecule has 0 radical (unpaired) electrons. The Morgan fingerprint density at radius 2 is 1.15 bits per heavy atom. The molecule has 2 aliphatic rings. The van der Waals surface area contributed by atoms with E-state index < -0.39 is 54.8 Å². The fraction of sp³-hybridized carbons (Fsp3) is 0.524. The second kappa shape index (κ2) is 10.6. The Hall–Kier alpha value is -3.33. The lowest BCUT2D eigenvalue weighted by Gasteiger charge is -2.20. The molecular formula is C21H25ClN10O8. The maximum absolute atomic E-state index is 10.6. The summed E-state index contributed by atoms with van der Waals surface area (Å²) in [6.07, 6.45) is -4.12. The number of nitrogen functional groups attached to an aromatic ring is 2. The highest BCUT2D eigenvalue weighted by Gasteiger charge is 2.46. The van der Waals surface area contributed by atoms with Crippen LogP contribution in [0.15, 0.2) is 25.3 Å². The Kier molecular flexibility index (Phi) is 7.10. The second-order valence-corrected chi connectivity index (χ2v) is 9.56. The number of anilines is 2. The predicted octanol–water partition coefficient (Wildman–Crippen LogP) is -2.38. The maximum Gasteiger partial charge on any atom is 0.237 e. The molecular weight excluding hydrogens is 556 g/mol. The normalized spacial score (nSPS) is 31.4. The molecule has 2 aliphatic heterocycles. The Labute approximate surface area is 229 Å². The number of aromatic nitrogens is 8. The van der Waals surface area contributed by atoms with Crippen LogP contribution in [-0.2, 0) is 18.9 Å². The summed E-state index contributed by atoms with van der Waals surface area (Å²) in [6, 6.07) is 0. The summed E-state index contributed by atoms with van der Waals surface area (Å²) in [5.41, 5.74) is 12.9. The smallest absolute Gasteiger partial charge is 0.237 e. The first-order valence-electron chi connectivity index (χ1n) is 12.0. The van der Waals surface area contributed by atoms with E-state index in [1.165, 1.54) is 34.4 Å². The molecule has 0 bridgehead atoms. The van der Waals surface area contributed by atoms with Gasteiger partial charge in [-0.3, -0.25) is 9.13 Å². The van der Waals surface area contributed by atoms with Crippen molar-refractivity contribution in [3.8, 4) is 0 Å². The number of aliphatic hydroxyl groups excluding tert-OH is 4. The molecule has 0 amide bonds. The monoisotopic (exact) mass is 580 g/mol. The summed E-state index contributed by atoms with van der Waals surface area (Å²) in [7, 11) is 0. The first-order valence-corrected chi connectivity index (χ1v) is 12.4. The summed E-state index contributed by atoms with van der Waals surface area (Å²) >= 11 is 6.13. The van der Waals surface area contributed by atoms with Gasteiger partial charge in [-0.2, -0.15) is 0 Å². The number of rotatable bonds is 8. The topological polar surface area (TPSA) is 257 Å². The van der Waals surface area contributed by atoms with Gasteiger partial charge in [-0.15, -0.1) is 0 Å². The van der Waals surface area contributed by atoms with Gasteiger partial charge in [0.25, 0.3) is 0 Å². The number of imidazole rings is 2. The maximum atomic E-state index is 10.6. The van der Waals surface area contributed by atoms with E-state index in [2.05, 4.69) is 29.9 Å². The minimum absolute atomic E-state index is 0.158. The van der Waals surface area contributed by atoms with E-state index in [1.54, 1.807) is 0 Å². The molecule has 18 nitrogen and oxygen atoms in total. The standard InChI is InChI=1S/C21H25ClN10O8/c22-21(37-1-7-11(33)13(35)19(39-7)31-5-29-9-15(23)25-3-27-17(9)31)38-2-8-12(34)14(36)20(40-8)32-6-30-10-16(24)26-4-28-18(10)32/h3-8,11-14,19-21,33-36H,1-2H2,(H2,23,25,27)(H2,24,26,28)/t7-,8-,11-,12-,13-,14-,19-,20-/m1/s1.